The first-order valence-electron chi connectivity index (χ1n) is 6.20. The van der Waals surface area contributed by atoms with Crippen LogP contribution in [0.5, 0.6) is 17.2 Å². The third-order valence-electron chi connectivity index (χ3n) is 2.85. The Morgan fingerprint density at radius 3 is 2.27 bits per heavy atom. The van der Waals surface area contributed by atoms with Gasteiger partial charge in [-0.2, -0.15) is 0 Å². The molecule has 22 heavy (non-hydrogen) atoms. The molecule has 0 aliphatic carbocycles. The maximum Gasteiger partial charge on any atom is 0.232 e. The maximum atomic E-state index is 13.1. The Labute approximate surface area is 124 Å². The van der Waals surface area contributed by atoms with Gasteiger partial charge in [-0.25, -0.2) is 4.39 Å². The van der Waals surface area contributed by atoms with Crippen molar-refractivity contribution >= 4 is 17.4 Å². The summed E-state index contributed by atoms with van der Waals surface area (Å²) in [7, 11) is 0. The molecule has 7 heteroatoms. The molecular formula is C15H12FNO5. The second kappa shape index (κ2) is 6.13. The summed E-state index contributed by atoms with van der Waals surface area (Å²) < 4.78 is 13.1. The van der Waals surface area contributed by atoms with E-state index in [2.05, 4.69) is 5.32 Å². The summed E-state index contributed by atoms with van der Waals surface area (Å²) >= 11 is 0. The number of hydrogen-bond acceptors (Lipinski definition) is 5. The summed E-state index contributed by atoms with van der Waals surface area (Å²) in [4.78, 5) is 23.6. The van der Waals surface area contributed by atoms with Crippen LogP contribution in [0.2, 0.25) is 0 Å². The second-order valence-corrected chi connectivity index (χ2v) is 4.52. The molecule has 0 bridgehead atoms. The molecule has 0 saturated heterocycles. The molecule has 0 radical (unpaired) electrons. The summed E-state index contributed by atoms with van der Waals surface area (Å²) in [5.74, 6) is -3.54. The number of anilines is 1. The monoisotopic (exact) mass is 305 g/mol. The smallest absolute Gasteiger partial charge is 0.232 e. The van der Waals surface area contributed by atoms with E-state index in [0.717, 1.165) is 24.3 Å². The average molecular weight is 305 g/mol. The number of amides is 1. The van der Waals surface area contributed by atoms with Gasteiger partial charge < -0.3 is 20.6 Å². The van der Waals surface area contributed by atoms with Gasteiger partial charge >= 0.3 is 0 Å². The molecule has 2 aromatic rings. The fourth-order valence-corrected chi connectivity index (χ4v) is 1.73. The molecule has 0 spiro atoms. The highest BCUT2D eigenvalue weighted by molar-refractivity contribution is 6.11. The molecule has 0 heterocycles. The Morgan fingerprint density at radius 2 is 1.64 bits per heavy atom. The van der Waals surface area contributed by atoms with Crippen LogP contribution < -0.4 is 5.32 Å². The fourth-order valence-electron chi connectivity index (χ4n) is 1.73. The van der Waals surface area contributed by atoms with Crippen LogP contribution in [0.1, 0.15) is 16.8 Å². The van der Waals surface area contributed by atoms with Crippen LogP contribution in [-0.2, 0) is 4.79 Å². The summed E-state index contributed by atoms with van der Waals surface area (Å²) in [6, 6.07) is 6.73. The van der Waals surface area contributed by atoms with Crippen molar-refractivity contribution in [1.29, 1.82) is 0 Å². The molecule has 0 saturated carbocycles. The number of carbonyl (C=O) groups excluding carboxylic acids is 2. The molecule has 114 valence electrons. The maximum absolute atomic E-state index is 13.1. The van der Waals surface area contributed by atoms with E-state index < -0.39 is 35.4 Å². The van der Waals surface area contributed by atoms with Crippen molar-refractivity contribution in [2.45, 2.75) is 6.42 Å². The molecule has 0 aliphatic rings. The van der Waals surface area contributed by atoms with E-state index in [1.165, 1.54) is 12.1 Å². The fraction of sp³-hybridized carbons (Fsp3) is 0.0667. The van der Waals surface area contributed by atoms with Crippen LogP contribution in [0.25, 0.3) is 0 Å². The number of rotatable bonds is 4. The van der Waals surface area contributed by atoms with Crippen LogP contribution in [0.4, 0.5) is 10.1 Å². The van der Waals surface area contributed by atoms with Crippen molar-refractivity contribution in [1.82, 2.24) is 0 Å². The number of nitrogens with one attached hydrogen (secondary N) is 1. The zero-order valence-electron chi connectivity index (χ0n) is 11.2. The third kappa shape index (κ3) is 3.51. The molecule has 0 fully saturated rings. The van der Waals surface area contributed by atoms with Crippen molar-refractivity contribution in [2.75, 3.05) is 5.32 Å². The number of benzene rings is 2. The number of aromatic hydroxyl groups is 3. The highest BCUT2D eigenvalue weighted by Gasteiger charge is 2.14. The van der Waals surface area contributed by atoms with Crippen LogP contribution >= 0.6 is 0 Å². The van der Waals surface area contributed by atoms with E-state index in [0.29, 0.717) is 0 Å². The van der Waals surface area contributed by atoms with Gasteiger partial charge in [0.1, 0.15) is 0 Å². The summed E-state index contributed by atoms with van der Waals surface area (Å²) in [6.45, 7) is 0. The van der Waals surface area contributed by atoms with E-state index in [1.54, 1.807) is 0 Å². The number of carbonyl (C=O) groups is 2. The predicted octanol–water partition coefficient (Wildman–Crippen LogP) is 2.15. The third-order valence-corrected chi connectivity index (χ3v) is 2.85. The normalized spacial score (nSPS) is 10.2. The summed E-state index contributed by atoms with van der Waals surface area (Å²) in [5.41, 5.74) is 0.156. The Morgan fingerprint density at radius 1 is 0.955 bits per heavy atom. The number of phenolic OH excluding ortho intramolecular Hbond substituents is 3. The average Bonchev–Trinajstić information content (AvgIpc) is 2.45. The first kappa shape index (κ1) is 15.3. The topological polar surface area (TPSA) is 107 Å². The van der Waals surface area contributed by atoms with Crippen molar-refractivity contribution in [2.24, 2.45) is 0 Å². The minimum Gasteiger partial charge on any atom is -0.505 e. The Kier molecular flexibility index (Phi) is 4.26. The number of phenols is 3. The van der Waals surface area contributed by atoms with Gasteiger partial charge in [0.05, 0.1) is 6.42 Å². The van der Waals surface area contributed by atoms with E-state index in [4.69, 9.17) is 10.2 Å². The zero-order chi connectivity index (χ0) is 16.3. The first-order valence-corrected chi connectivity index (χ1v) is 6.20. The van der Waals surface area contributed by atoms with Crippen molar-refractivity contribution in [3.8, 4) is 17.2 Å². The number of halogens is 1. The number of Topliss-reactive ketones (excluding diaryl/α,β-unsaturated/α-hetero) is 1. The SMILES string of the molecule is O=C(CC(=O)c1ccc(O)c(O)c1)Nc1ccc(O)c(F)c1. The standard InChI is InChI=1S/C15H12FNO5/c16-10-6-9(2-4-11(10)18)17-15(22)7-13(20)8-1-3-12(19)14(21)5-8/h1-6,18-19,21H,7H2,(H,17,22). The first-order chi connectivity index (χ1) is 10.4. The molecule has 2 aromatic carbocycles. The largest absolute Gasteiger partial charge is 0.505 e. The minimum atomic E-state index is -0.896. The van der Waals surface area contributed by atoms with Gasteiger partial charge in [-0.15, -0.1) is 0 Å². The van der Waals surface area contributed by atoms with E-state index in [1.807, 2.05) is 0 Å². The predicted molar refractivity (Wildman–Crippen MR) is 75.4 cm³/mol. The quantitative estimate of drug-likeness (QED) is 0.300. The molecule has 0 unspecified atom stereocenters. The minimum absolute atomic E-state index is 0.0577. The lowest BCUT2D eigenvalue weighted by molar-refractivity contribution is -0.115. The van der Waals surface area contributed by atoms with E-state index in [9.17, 15) is 19.1 Å². The summed E-state index contributed by atoms with van der Waals surface area (Å²) in [5, 5.41) is 29.8. The highest BCUT2D eigenvalue weighted by atomic mass is 19.1. The van der Waals surface area contributed by atoms with Crippen LogP contribution in [0.3, 0.4) is 0 Å². The van der Waals surface area contributed by atoms with Crippen molar-refractivity contribution in [3.63, 3.8) is 0 Å². The molecule has 6 nitrogen and oxygen atoms in total. The molecule has 0 aliphatic heterocycles. The Hall–Kier alpha value is -3.09. The lowest BCUT2D eigenvalue weighted by Gasteiger charge is -2.06. The van der Waals surface area contributed by atoms with E-state index >= 15 is 0 Å². The summed E-state index contributed by atoms with van der Waals surface area (Å²) in [6.07, 6.45) is -0.521. The van der Waals surface area contributed by atoms with Gasteiger partial charge in [-0.05, 0) is 30.3 Å². The molecule has 1 amide bonds. The van der Waals surface area contributed by atoms with Crippen LogP contribution in [-0.4, -0.2) is 27.0 Å². The molecule has 0 atom stereocenters. The lowest BCUT2D eigenvalue weighted by atomic mass is 10.1. The molecule has 4 N–H and O–H groups in total. The molecule has 0 aromatic heterocycles. The van der Waals surface area contributed by atoms with Crippen LogP contribution in [0.15, 0.2) is 36.4 Å². The van der Waals surface area contributed by atoms with Gasteiger partial charge in [0.25, 0.3) is 0 Å². The van der Waals surface area contributed by atoms with Crippen molar-refractivity contribution in [3.05, 3.63) is 47.8 Å². The van der Waals surface area contributed by atoms with E-state index in [-0.39, 0.29) is 17.0 Å². The Bertz CT molecular complexity index is 745. The van der Waals surface area contributed by atoms with Crippen LogP contribution in [0, 0.1) is 5.82 Å². The van der Waals surface area contributed by atoms with Gasteiger partial charge in [-0.3, -0.25) is 9.59 Å². The van der Waals surface area contributed by atoms with Gasteiger partial charge in [0.15, 0.2) is 28.8 Å². The van der Waals surface area contributed by atoms with Crippen molar-refractivity contribution < 1.29 is 29.3 Å². The molecule has 2 rings (SSSR count). The number of hydrogen-bond donors (Lipinski definition) is 4. The number of ketones is 1. The Balaban J connectivity index is 2.03. The van der Waals surface area contributed by atoms with Gasteiger partial charge in [0.2, 0.25) is 5.91 Å². The van der Waals surface area contributed by atoms with Gasteiger partial charge in [-0.1, -0.05) is 0 Å². The van der Waals surface area contributed by atoms with Gasteiger partial charge in [0, 0.05) is 17.3 Å². The second-order valence-electron chi connectivity index (χ2n) is 4.52. The zero-order valence-corrected chi connectivity index (χ0v) is 11.2. The molecular weight excluding hydrogens is 293 g/mol. The lowest BCUT2D eigenvalue weighted by Crippen LogP contribution is -2.16. The highest BCUT2D eigenvalue weighted by Crippen LogP contribution is 2.25.